The van der Waals surface area contributed by atoms with Gasteiger partial charge in [-0.05, 0) is 85.9 Å². The second-order valence-electron chi connectivity index (χ2n) is 13.5. The molecule has 1 aliphatic heterocycles. The number of allylic oxidation sites excluding steroid dienone is 4. The van der Waals surface area contributed by atoms with Crippen LogP contribution >= 0.6 is 11.3 Å². The Labute approximate surface area is 250 Å². The lowest BCUT2D eigenvalue weighted by Gasteiger charge is -2.59. The number of anilines is 1. The van der Waals surface area contributed by atoms with Gasteiger partial charge in [0.2, 0.25) is 0 Å². The van der Waals surface area contributed by atoms with Crippen LogP contribution in [0.5, 0.6) is 0 Å². The Balaban J connectivity index is 1.21. The van der Waals surface area contributed by atoms with Gasteiger partial charge in [0.05, 0.1) is 17.1 Å². The van der Waals surface area contributed by atoms with E-state index >= 15 is 0 Å². The number of carbonyl (C=O) groups excluding carboxylic acids is 2. The fourth-order valence-electron chi connectivity index (χ4n) is 9.52. The molecule has 4 fully saturated rings. The van der Waals surface area contributed by atoms with E-state index in [-0.39, 0.29) is 29.3 Å². The molecule has 0 bridgehead atoms. The van der Waals surface area contributed by atoms with Crippen molar-refractivity contribution in [3.63, 3.8) is 0 Å². The van der Waals surface area contributed by atoms with Crippen molar-refractivity contribution in [2.45, 2.75) is 77.0 Å². The first-order valence-corrected chi connectivity index (χ1v) is 15.8. The Morgan fingerprint density at radius 2 is 1.98 bits per heavy atom. The van der Waals surface area contributed by atoms with Crippen molar-refractivity contribution >= 4 is 28.6 Å². The minimum absolute atomic E-state index is 0.00675. The lowest BCUT2D eigenvalue weighted by atomic mass is 9.46. The smallest absolute Gasteiger partial charge is 0.195 e. The number of fused-ring (bicyclic) bond motifs is 7. The van der Waals surface area contributed by atoms with Gasteiger partial charge in [0, 0.05) is 33.7 Å². The van der Waals surface area contributed by atoms with E-state index in [1.807, 2.05) is 37.3 Å². The van der Waals surface area contributed by atoms with Gasteiger partial charge in [-0.1, -0.05) is 37.6 Å². The zero-order chi connectivity index (χ0) is 29.6. The molecule has 7 rings (SSSR count). The molecule has 2 aromatic rings. The second kappa shape index (κ2) is 9.69. The Hall–Kier alpha value is -2.62. The minimum atomic E-state index is -1.34. The number of thiophene rings is 1. The molecule has 0 amide bonds. The SMILES string of the molecule is Cc1cc(Cc2ccc(N)cc2)sc1[C@@H]1O[C@@H]2C[C@H]3[C@@H]4CCC5=CC(=O)C=C[C@]5(C)[C@H]4[C@@H](O)C[C@]3(C)[C@]2(C(=O)CO)O1. The lowest BCUT2D eigenvalue weighted by molar-refractivity contribution is -0.200. The highest BCUT2D eigenvalue weighted by molar-refractivity contribution is 7.12. The topological polar surface area (TPSA) is 119 Å². The molecule has 1 aromatic carbocycles. The molecule has 3 saturated carbocycles. The van der Waals surface area contributed by atoms with Crippen molar-refractivity contribution in [2.24, 2.45) is 28.6 Å². The van der Waals surface area contributed by atoms with Crippen molar-refractivity contribution in [1.29, 1.82) is 0 Å². The van der Waals surface area contributed by atoms with Gasteiger partial charge in [0.1, 0.15) is 6.61 Å². The van der Waals surface area contributed by atoms with Gasteiger partial charge in [0.25, 0.3) is 0 Å². The molecule has 4 N–H and O–H groups in total. The van der Waals surface area contributed by atoms with E-state index in [2.05, 4.69) is 19.9 Å². The summed E-state index contributed by atoms with van der Waals surface area (Å²) in [7, 11) is 0. The number of hydrogen-bond donors (Lipinski definition) is 3. The van der Waals surface area contributed by atoms with Crippen LogP contribution in [0.4, 0.5) is 5.69 Å². The fraction of sp³-hybridized carbons (Fsp3) is 0.529. The predicted molar refractivity (Wildman–Crippen MR) is 160 cm³/mol. The Morgan fingerprint density at radius 1 is 1.21 bits per heavy atom. The number of aliphatic hydroxyl groups excluding tert-OH is 2. The van der Waals surface area contributed by atoms with E-state index in [4.69, 9.17) is 15.2 Å². The highest BCUT2D eigenvalue weighted by atomic mass is 32.1. The van der Waals surface area contributed by atoms with E-state index in [0.717, 1.165) is 51.4 Å². The molecular formula is C34H39NO6S. The summed E-state index contributed by atoms with van der Waals surface area (Å²) in [6, 6.07) is 10.0. The number of benzene rings is 1. The maximum atomic E-state index is 13.8. The molecule has 42 heavy (non-hydrogen) atoms. The second-order valence-corrected chi connectivity index (χ2v) is 14.7. The molecule has 7 nitrogen and oxygen atoms in total. The number of nitrogens with two attached hydrogens (primary N) is 1. The average Bonchev–Trinajstić information content (AvgIpc) is 3.58. The van der Waals surface area contributed by atoms with Crippen LogP contribution in [0.25, 0.3) is 0 Å². The number of aryl methyl sites for hydroxylation is 1. The first-order chi connectivity index (χ1) is 20.0. The first-order valence-electron chi connectivity index (χ1n) is 15.0. The van der Waals surface area contributed by atoms with Crippen LogP contribution in [-0.2, 0) is 25.5 Å². The van der Waals surface area contributed by atoms with Crippen molar-refractivity contribution in [3.05, 3.63) is 75.0 Å². The van der Waals surface area contributed by atoms with E-state index in [1.165, 1.54) is 0 Å². The summed E-state index contributed by atoms with van der Waals surface area (Å²) in [5, 5.41) is 22.1. The summed E-state index contributed by atoms with van der Waals surface area (Å²) in [5.41, 5.74) is 7.43. The Kier molecular flexibility index (Phi) is 6.50. The summed E-state index contributed by atoms with van der Waals surface area (Å²) < 4.78 is 13.5. The van der Waals surface area contributed by atoms with Gasteiger partial charge in [-0.15, -0.1) is 11.3 Å². The monoisotopic (exact) mass is 589 g/mol. The highest BCUT2D eigenvalue weighted by Gasteiger charge is 2.76. The summed E-state index contributed by atoms with van der Waals surface area (Å²) in [4.78, 5) is 28.1. The molecule has 0 radical (unpaired) electrons. The van der Waals surface area contributed by atoms with Crippen molar-refractivity contribution in [3.8, 4) is 0 Å². The van der Waals surface area contributed by atoms with Gasteiger partial charge < -0.3 is 25.4 Å². The molecule has 1 saturated heterocycles. The van der Waals surface area contributed by atoms with Gasteiger partial charge in [-0.2, -0.15) is 0 Å². The highest BCUT2D eigenvalue weighted by Crippen LogP contribution is 2.70. The molecule has 4 aliphatic carbocycles. The van der Waals surface area contributed by atoms with Crippen LogP contribution in [0, 0.1) is 35.5 Å². The first kappa shape index (κ1) is 28.2. The minimum Gasteiger partial charge on any atom is -0.399 e. The van der Waals surface area contributed by atoms with Crippen LogP contribution in [0.1, 0.15) is 66.7 Å². The average molecular weight is 590 g/mol. The van der Waals surface area contributed by atoms with Crippen LogP contribution in [0.3, 0.4) is 0 Å². The maximum absolute atomic E-state index is 13.8. The van der Waals surface area contributed by atoms with Gasteiger partial charge in [-0.3, -0.25) is 9.59 Å². The number of carbonyl (C=O) groups is 2. The van der Waals surface area contributed by atoms with Gasteiger partial charge in [0.15, 0.2) is 23.5 Å². The Morgan fingerprint density at radius 3 is 2.71 bits per heavy atom. The molecule has 8 heteroatoms. The van der Waals surface area contributed by atoms with Crippen molar-refractivity contribution < 1.29 is 29.3 Å². The number of nitrogen functional groups attached to an aromatic ring is 1. The molecule has 1 aromatic heterocycles. The third-order valence-electron chi connectivity index (χ3n) is 11.4. The summed E-state index contributed by atoms with van der Waals surface area (Å²) in [6.45, 7) is 5.60. The molecule has 222 valence electrons. The number of hydrogen-bond acceptors (Lipinski definition) is 8. The largest absolute Gasteiger partial charge is 0.399 e. The number of rotatable bonds is 5. The maximum Gasteiger partial charge on any atom is 0.195 e. The van der Waals surface area contributed by atoms with Gasteiger partial charge >= 0.3 is 0 Å². The molecule has 0 unspecified atom stereocenters. The van der Waals surface area contributed by atoms with E-state index in [0.29, 0.717) is 12.8 Å². The molecule has 2 heterocycles. The number of ether oxygens (including phenoxy) is 2. The van der Waals surface area contributed by atoms with E-state index in [1.54, 1.807) is 23.5 Å². The summed E-state index contributed by atoms with van der Waals surface area (Å²) >= 11 is 1.63. The molecular weight excluding hydrogens is 550 g/mol. The third-order valence-corrected chi connectivity index (χ3v) is 12.6. The van der Waals surface area contributed by atoms with E-state index in [9.17, 15) is 19.8 Å². The summed E-state index contributed by atoms with van der Waals surface area (Å²) in [6.07, 6.45) is 6.83. The van der Waals surface area contributed by atoms with Crippen LogP contribution < -0.4 is 5.73 Å². The van der Waals surface area contributed by atoms with Crippen LogP contribution in [0.15, 0.2) is 54.1 Å². The van der Waals surface area contributed by atoms with Crippen LogP contribution in [0.2, 0.25) is 0 Å². The fourth-order valence-corrected chi connectivity index (χ4v) is 10.7. The number of ketones is 2. The zero-order valence-electron chi connectivity index (χ0n) is 24.3. The molecule has 9 atom stereocenters. The lowest BCUT2D eigenvalue weighted by Crippen LogP contribution is -2.63. The zero-order valence-corrected chi connectivity index (χ0v) is 25.2. The quantitative estimate of drug-likeness (QED) is 0.428. The number of Topliss-reactive ketones (excluding diaryl/α,β-unsaturated/α-hetero) is 1. The van der Waals surface area contributed by atoms with E-state index < -0.39 is 41.5 Å². The Bertz CT molecular complexity index is 1510. The predicted octanol–water partition coefficient (Wildman–Crippen LogP) is 4.83. The van der Waals surface area contributed by atoms with Crippen molar-refractivity contribution in [2.75, 3.05) is 12.3 Å². The standard InChI is InChI=1S/C34H39NO6S/c1-18-12-23(13-19-4-7-21(35)8-5-19)42-30(18)31-40-28-15-25-24-9-6-20-14-22(37)10-11-32(20,2)29(24)26(38)16-33(25,3)34(28,41-31)27(39)17-36/h4-5,7-8,10-12,14,24-26,28-29,31,36,38H,6,9,13,15-17,35H2,1-3H3/t24-,25-,26-,28+,29+,31+,32-,33-,34+/m0/s1. The molecule has 0 spiro atoms. The van der Waals surface area contributed by atoms with Crippen molar-refractivity contribution in [1.82, 2.24) is 0 Å². The van der Waals surface area contributed by atoms with Gasteiger partial charge in [-0.25, -0.2) is 0 Å². The summed E-state index contributed by atoms with van der Waals surface area (Å²) in [5.74, 6) is -0.220. The normalized spacial score (nSPS) is 40.2. The number of aliphatic hydroxyl groups is 2. The third kappa shape index (κ3) is 3.85. The molecule has 5 aliphatic rings. The van der Waals surface area contributed by atoms with Crippen LogP contribution in [-0.4, -0.2) is 46.2 Å².